The Bertz CT molecular complexity index is 1250. The van der Waals surface area contributed by atoms with E-state index < -0.39 is 35.6 Å². The summed E-state index contributed by atoms with van der Waals surface area (Å²) >= 11 is 0. The normalized spacial score (nSPS) is 31.9. The lowest BCUT2D eigenvalue weighted by atomic mass is 9.74. The summed E-state index contributed by atoms with van der Waals surface area (Å²) in [5, 5.41) is 12.2. The van der Waals surface area contributed by atoms with Crippen LogP contribution in [0.5, 0.6) is 0 Å². The van der Waals surface area contributed by atoms with Crippen LogP contribution in [0, 0.1) is 11.8 Å². The zero-order valence-electron chi connectivity index (χ0n) is 25.0. The van der Waals surface area contributed by atoms with Crippen LogP contribution in [0.4, 0.5) is 0 Å². The quantitative estimate of drug-likeness (QED) is 0.270. The average Bonchev–Trinajstić information content (AvgIpc) is 3.63. The third-order valence-electron chi connectivity index (χ3n) is 9.04. The molecule has 3 amide bonds. The third-order valence-corrected chi connectivity index (χ3v) is 9.04. The minimum atomic E-state index is -1.24. The van der Waals surface area contributed by atoms with Crippen LogP contribution in [-0.4, -0.2) is 88.7 Å². The average molecular weight is 594 g/mol. The smallest absolute Gasteiger partial charge is 0.306 e. The number of likely N-dealkylation sites (tertiary alicyclic amines) is 1. The van der Waals surface area contributed by atoms with Gasteiger partial charge in [0.05, 0.1) is 24.0 Å². The third kappa shape index (κ3) is 6.13. The fourth-order valence-corrected chi connectivity index (χ4v) is 6.88. The molecule has 5 rings (SSSR count). The second kappa shape index (κ2) is 13.4. The van der Waals surface area contributed by atoms with Crippen molar-refractivity contribution in [3.05, 3.63) is 60.2 Å². The van der Waals surface area contributed by atoms with Gasteiger partial charge in [-0.1, -0.05) is 67.5 Å². The first kappa shape index (κ1) is 30.9. The molecular weight excluding hydrogens is 550 g/mol. The first-order valence-corrected chi connectivity index (χ1v) is 15.5. The highest BCUT2D eigenvalue weighted by molar-refractivity contribution is 6.00. The van der Waals surface area contributed by atoms with Crippen molar-refractivity contribution in [3.63, 3.8) is 0 Å². The van der Waals surface area contributed by atoms with Crippen LogP contribution in [-0.2, 0) is 28.7 Å². The molecule has 0 unspecified atom stereocenters. The van der Waals surface area contributed by atoms with Crippen LogP contribution in [0.1, 0.15) is 64.0 Å². The van der Waals surface area contributed by atoms with Crippen LogP contribution in [0.3, 0.4) is 0 Å². The molecule has 5 bridgehead atoms. The Balaban J connectivity index is 1.51. The minimum Gasteiger partial charge on any atom is -0.463 e. The van der Waals surface area contributed by atoms with E-state index in [0.29, 0.717) is 32.4 Å². The van der Waals surface area contributed by atoms with Gasteiger partial charge >= 0.3 is 5.97 Å². The van der Waals surface area contributed by atoms with Gasteiger partial charge in [0, 0.05) is 32.2 Å². The first-order chi connectivity index (χ1) is 20.8. The lowest BCUT2D eigenvalue weighted by molar-refractivity contribution is -0.148. The van der Waals surface area contributed by atoms with Gasteiger partial charge in [-0.3, -0.25) is 19.2 Å². The molecule has 10 nitrogen and oxygen atoms in total. The Hall–Kier alpha value is -3.50. The molecule has 2 fully saturated rings. The summed E-state index contributed by atoms with van der Waals surface area (Å²) in [5.74, 6) is -2.92. The van der Waals surface area contributed by atoms with E-state index in [1.54, 1.807) is 9.80 Å². The molecule has 6 atom stereocenters. The van der Waals surface area contributed by atoms with E-state index >= 15 is 0 Å². The maximum absolute atomic E-state index is 14.4. The van der Waals surface area contributed by atoms with Crippen LogP contribution >= 0.6 is 0 Å². The molecular formula is C33H43N3O7. The molecule has 1 aromatic carbocycles. The van der Waals surface area contributed by atoms with E-state index in [-0.39, 0.29) is 49.4 Å². The summed E-state index contributed by atoms with van der Waals surface area (Å²) in [6, 6.07) is 7.62. The Kier molecular flexibility index (Phi) is 9.66. The van der Waals surface area contributed by atoms with Gasteiger partial charge in [-0.2, -0.15) is 0 Å². The molecule has 43 heavy (non-hydrogen) atoms. The monoisotopic (exact) mass is 593 g/mol. The summed E-state index contributed by atoms with van der Waals surface area (Å²) in [4.78, 5) is 58.6. The van der Waals surface area contributed by atoms with Crippen LogP contribution in [0.2, 0.25) is 0 Å². The highest BCUT2D eigenvalue weighted by atomic mass is 16.5. The van der Waals surface area contributed by atoms with Crippen LogP contribution < -0.4 is 5.32 Å². The van der Waals surface area contributed by atoms with Gasteiger partial charge in [0.15, 0.2) is 0 Å². The number of nitrogens with one attached hydrogen (secondary N) is 1. The number of nitrogens with zero attached hydrogens (tertiary/aromatic N) is 2. The zero-order valence-corrected chi connectivity index (χ0v) is 25.0. The Labute approximate surface area is 253 Å². The first-order valence-electron chi connectivity index (χ1n) is 15.5. The van der Waals surface area contributed by atoms with Crippen molar-refractivity contribution in [3.8, 4) is 0 Å². The van der Waals surface area contributed by atoms with Crippen molar-refractivity contribution < 1.29 is 33.8 Å². The number of carbonyl (C=O) groups is 4. The maximum Gasteiger partial charge on any atom is 0.306 e. The number of cyclic esters (lactones) is 1. The van der Waals surface area contributed by atoms with Crippen molar-refractivity contribution in [1.82, 2.24) is 15.1 Å². The van der Waals surface area contributed by atoms with Gasteiger partial charge in [0.25, 0.3) is 0 Å². The maximum atomic E-state index is 14.4. The van der Waals surface area contributed by atoms with Gasteiger partial charge in [-0.25, -0.2) is 0 Å². The van der Waals surface area contributed by atoms with Gasteiger partial charge < -0.3 is 29.7 Å². The number of carbonyl (C=O) groups excluding carboxylic acids is 4. The zero-order chi connectivity index (χ0) is 30.6. The second-order valence-corrected chi connectivity index (χ2v) is 12.1. The molecule has 4 aliphatic rings. The number of rotatable bonds is 8. The number of hydrogen-bond donors (Lipinski definition) is 2. The Morgan fingerprint density at radius 3 is 2.53 bits per heavy atom. The lowest BCUT2D eigenvalue weighted by Gasteiger charge is -2.37. The summed E-state index contributed by atoms with van der Waals surface area (Å²) in [7, 11) is 0. The number of aliphatic hydroxyl groups is 1. The van der Waals surface area contributed by atoms with E-state index in [0.717, 1.165) is 18.4 Å². The molecule has 1 spiro atoms. The number of benzene rings is 1. The number of unbranched alkanes of at least 4 members (excludes halogenated alkanes) is 3. The largest absolute Gasteiger partial charge is 0.463 e. The molecule has 2 saturated heterocycles. The summed E-state index contributed by atoms with van der Waals surface area (Å²) in [6.07, 6.45) is 10.3. The fourth-order valence-electron chi connectivity index (χ4n) is 6.88. The van der Waals surface area contributed by atoms with Crippen molar-refractivity contribution in [2.24, 2.45) is 11.8 Å². The molecule has 4 aliphatic heterocycles. The van der Waals surface area contributed by atoms with Gasteiger partial charge in [0.2, 0.25) is 17.7 Å². The molecule has 1 aromatic rings. The number of fused-ring (bicyclic) bond motifs is 2. The molecule has 4 heterocycles. The number of amides is 3. The van der Waals surface area contributed by atoms with Crippen molar-refractivity contribution in [1.29, 1.82) is 0 Å². The van der Waals surface area contributed by atoms with Crippen molar-refractivity contribution >= 4 is 23.7 Å². The molecule has 0 aromatic heterocycles. The SMILES string of the molecule is CC(C)N1C/C=C\CCC(=O)OC[C@H](c2ccccc2)NC(=O)[C@@H]2[C@H]3C(=O)N(CCCCCCO)[C@H](C1=O)[C@]31C=C[C@H]2O1. The number of esters is 1. The molecule has 0 radical (unpaired) electrons. The number of allylic oxidation sites excluding steroid dienone is 1. The van der Waals surface area contributed by atoms with E-state index in [9.17, 15) is 24.3 Å². The molecule has 232 valence electrons. The molecule has 10 heteroatoms. The second-order valence-electron chi connectivity index (χ2n) is 12.1. The number of aliphatic hydroxyl groups excluding tert-OH is 1. The lowest BCUT2D eigenvalue weighted by Crippen LogP contribution is -2.57. The Morgan fingerprint density at radius 1 is 1.02 bits per heavy atom. The summed E-state index contributed by atoms with van der Waals surface area (Å²) in [6.45, 7) is 4.61. The molecule has 2 N–H and O–H groups in total. The molecule has 0 aliphatic carbocycles. The predicted octanol–water partition coefficient (Wildman–Crippen LogP) is 2.68. The number of hydrogen-bond acceptors (Lipinski definition) is 7. The standard InChI is InChI=1S/C33H43N3O7/c1-22(2)35-18-11-6-9-15-26(38)42-21-24(23-13-7-5-8-14-23)34-30(39)27-25-16-17-33(43-25)28(27)31(40)36(29(33)32(35)41)19-10-3-4-12-20-37/h5-8,11,13-14,16-17,22,24-25,27-29,37H,3-4,9-10,12,15,18-21H2,1-2H3,(H,34,39)/b11-6-/t24-,25-,27+,28+,29-,33+/m1/s1. The minimum absolute atomic E-state index is 0.0433. The van der Waals surface area contributed by atoms with E-state index in [4.69, 9.17) is 9.47 Å². The van der Waals surface area contributed by atoms with E-state index in [1.807, 2.05) is 68.5 Å². The highest BCUT2D eigenvalue weighted by Gasteiger charge is 2.73. The number of ether oxygens (including phenoxy) is 2. The molecule has 0 saturated carbocycles. The van der Waals surface area contributed by atoms with Gasteiger partial charge in [-0.05, 0) is 38.7 Å². The van der Waals surface area contributed by atoms with E-state index in [1.165, 1.54) is 0 Å². The summed E-state index contributed by atoms with van der Waals surface area (Å²) in [5.41, 5.74) is -0.468. The van der Waals surface area contributed by atoms with Crippen molar-refractivity contribution in [2.75, 3.05) is 26.3 Å². The van der Waals surface area contributed by atoms with Gasteiger partial charge in [0.1, 0.15) is 18.2 Å². The summed E-state index contributed by atoms with van der Waals surface area (Å²) < 4.78 is 12.1. The highest BCUT2D eigenvalue weighted by Crippen LogP contribution is 2.55. The Morgan fingerprint density at radius 2 is 1.79 bits per heavy atom. The predicted molar refractivity (Wildman–Crippen MR) is 158 cm³/mol. The van der Waals surface area contributed by atoms with E-state index in [2.05, 4.69) is 5.32 Å². The van der Waals surface area contributed by atoms with Crippen LogP contribution in [0.15, 0.2) is 54.6 Å². The van der Waals surface area contributed by atoms with Gasteiger partial charge in [-0.15, -0.1) is 0 Å². The fraction of sp³-hybridized carbons (Fsp3) is 0.576. The van der Waals surface area contributed by atoms with Crippen LogP contribution in [0.25, 0.3) is 0 Å². The van der Waals surface area contributed by atoms with Crippen molar-refractivity contribution in [2.45, 2.75) is 82.2 Å². The topological polar surface area (TPSA) is 125 Å².